The van der Waals surface area contributed by atoms with Crippen LogP contribution in [-0.4, -0.2) is 15.3 Å². The quantitative estimate of drug-likeness (QED) is 0.585. The minimum absolute atomic E-state index is 0.277. The highest BCUT2D eigenvalue weighted by Gasteiger charge is 2.08. The number of halogens is 1. The van der Waals surface area contributed by atoms with Gasteiger partial charge in [-0.25, -0.2) is 9.37 Å². The fourth-order valence-corrected chi connectivity index (χ4v) is 2.82. The highest BCUT2D eigenvalue weighted by atomic mass is 19.1. The third-order valence-corrected chi connectivity index (χ3v) is 4.22. The van der Waals surface area contributed by atoms with Crippen LogP contribution in [0.1, 0.15) is 15.9 Å². The zero-order valence-electron chi connectivity index (χ0n) is 14.1. The van der Waals surface area contributed by atoms with Crippen molar-refractivity contribution in [3.63, 3.8) is 0 Å². The second-order valence-electron chi connectivity index (χ2n) is 6.09. The van der Waals surface area contributed by atoms with Gasteiger partial charge in [-0.3, -0.25) is 4.79 Å². The van der Waals surface area contributed by atoms with E-state index in [1.54, 1.807) is 0 Å². The van der Waals surface area contributed by atoms with Crippen LogP contribution in [0.25, 0.3) is 16.9 Å². The maximum Gasteiger partial charge on any atom is 0.255 e. The number of pyridine rings is 1. The van der Waals surface area contributed by atoms with Crippen molar-refractivity contribution in [2.75, 3.05) is 5.32 Å². The predicted molar refractivity (Wildman–Crippen MR) is 99.7 cm³/mol. The Kier molecular flexibility index (Phi) is 3.97. The lowest BCUT2D eigenvalue weighted by Crippen LogP contribution is -2.11. The van der Waals surface area contributed by atoms with Gasteiger partial charge >= 0.3 is 0 Å². The Morgan fingerprint density at radius 1 is 1.04 bits per heavy atom. The van der Waals surface area contributed by atoms with Crippen molar-refractivity contribution in [3.05, 3.63) is 90.0 Å². The first-order valence-electron chi connectivity index (χ1n) is 8.22. The Morgan fingerprint density at radius 3 is 2.46 bits per heavy atom. The molecule has 0 fully saturated rings. The van der Waals surface area contributed by atoms with Gasteiger partial charge in [0.1, 0.15) is 11.5 Å². The minimum atomic E-state index is -0.367. The molecule has 1 N–H and O–H groups in total. The highest BCUT2D eigenvalue weighted by molar-refractivity contribution is 6.04. The van der Waals surface area contributed by atoms with Gasteiger partial charge in [0.2, 0.25) is 0 Å². The Labute approximate surface area is 149 Å². The lowest BCUT2D eigenvalue weighted by Gasteiger charge is -2.06. The van der Waals surface area contributed by atoms with E-state index in [0.29, 0.717) is 11.3 Å². The Hall–Kier alpha value is -3.47. The number of anilines is 1. The summed E-state index contributed by atoms with van der Waals surface area (Å²) in [5.41, 5.74) is 4.95. The van der Waals surface area contributed by atoms with Gasteiger partial charge in [-0.05, 0) is 55.0 Å². The first-order chi connectivity index (χ1) is 12.6. The van der Waals surface area contributed by atoms with Crippen LogP contribution < -0.4 is 5.32 Å². The Morgan fingerprint density at radius 2 is 1.77 bits per heavy atom. The molecule has 4 rings (SSSR count). The number of amides is 1. The summed E-state index contributed by atoms with van der Waals surface area (Å²) in [6.07, 6.45) is 3.95. The number of nitrogens with zero attached hydrogens (tertiary/aromatic N) is 2. The molecule has 1 amide bonds. The van der Waals surface area contributed by atoms with E-state index in [9.17, 15) is 9.18 Å². The SMILES string of the molecule is Cc1cccn2cc(-c3ccc(NC(=O)c4ccc(F)cc4)cc3)nc12. The number of benzene rings is 2. The topological polar surface area (TPSA) is 46.4 Å². The molecule has 0 aliphatic heterocycles. The van der Waals surface area contributed by atoms with Crippen LogP contribution in [0.15, 0.2) is 73.1 Å². The lowest BCUT2D eigenvalue weighted by molar-refractivity contribution is 0.102. The van der Waals surface area contributed by atoms with Crippen LogP contribution >= 0.6 is 0 Å². The molecule has 2 heterocycles. The van der Waals surface area contributed by atoms with E-state index in [4.69, 9.17) is 0 Å². The molecular formula is C21H16FN3O. The molecule has 0 saturated carbocycles. The molecule has 4 aromatic rings. The first-order valence-corrected chi connectivity index (χ1v) is 8.22. The minimum Gasteiger partial charge on any atom is -0.322 e. The van der Waals surface area contributed by atoms with E-state index < -0.39 is 0 Å². The number of aromatic nitrogens is 2. The second kappa shape index (κ2) is 6.44. The molecule has 0 saturated heterocycles. The normalized spacial score (nSPS) is 10.8. The first kappa shape index (κ1) is 16.0. The van der Waals surface area contributed by atoms with Crippen LogP contribution in [-0.2, 0) is 0 Å². The number of fused-ring (bicyclic) bond motifs is 1. The largest absolute Gasteiger partial charge is 0.322 e. The molecule has 5 heteroatoms. The molecule has 0 aliphatic carbocycles. The van der Waals surface area contributed by atoms with Crippen molar-refractivity contribution >= 4 is 17.2 Å². The fraction of sp³-hybridized carbons (Fsp3) is 0.0476. The smallest absolute Gasteiger partial charge is 0.255 e. The van der Waals surface area contributed by atoms with Crippen LogP contribution in [0.2, 0.25) is 0 Å². The third-order valence-electron chi connectivity index (χ3n) is 4.22. The number of aryl methyl sites for hydroxylation is 1. The molecule has 2 aromatic carbocycles. The maximum atomic E-state index is 12.9. The van der Waals surface area contributed by atoms with Gasteiger partial charge in [0.25, 0.3) is 5.91 Å². The molecule has 128 valence electrons. The average Bonchev–Trinajstić information content (AvgIpc) is 3.08. The number of rotatable bonds is 3. The van der Waals surface area contributed by atoms with Crippen molar-refractivity contribution in [2.45, 2.75) is 6.92 Å². The van der Waals surface area contributed by atoms with Gasteiger partial charge in [-0.1, -0.05) is 18.2 Å². The van der Waals surface area contributed by atoms with Gasteiger partial charge in [0, 0.05) is 29.2 Å². The summed E-state index contributed by atoms with van der Waals surface area (Å²) < 4.78 is 14.9. The summed E-state index contributed by atoms with van der Waals surface area (Å²) in [4.78, 5) is 16.9. The van der Waals surface area contributed by atoms with Crippen LogP contribution in [0.4, 0.5) is 10.1 Å². The number of nitrogens with one attached hydrogen (secondary N) is 1. The van der Waals surface area contributed by atoms with Crippen LogP contribution in [0.3, 0.4) is 0 Å². The molecule has 0 bridgehead atoms. The summed E-state index contributed by atoms with van der Waals surface area (Å²) >= 11 is 0. The number of hydrogen-bond donors (Lipinski definition) is 1. The van der Waals surface area contributed by atoms with Crippen LogP contribution in [0, 0.1) is 12.7 Å². The molecule has 0 unspecified atom stereocenters. The van der Waals surface area contributed by atoms with Gasteiger partial charge in [-0.15, -0.1) is 0 Å². The van der Waals surface area contributed by atoms with E-state index in [2.05, 4.69) is 10.3 Å². The van der Waals surface area contributed by atoms with Gasteiger partial charge in [0.15, 0.2) is 0 Å². The molecular weight excluding hydrogens is 329 g/mol. The van der Waals surface area contributed by atoms with E-state index in [0.717, 1.165) is 22.5 Å². The fourth-order valence-electron chi connectivity index (χ4n) is 2.82. The standard InChI is InChI=1S/C21H16FN3O/c1-14-3-2-12-25-13-19(24-20(14)25)15-6-10-18(11-7-15)23-21(26)16-4-8-17(22)9-5-16/h2-13H,1H3,(H,23,26). The zero-order chi connectivity index (χ0) is 18.1. The monoisotopic (exact) mass is 345 g/mol. The predicted octanol–water partition coefficient (Wildman–Crippen LogP) is 4.70. The maximum absolute atomic E-state index is 12.9. The highest BCUT2D eigenvalue weighted by Crippen LogP contribution is 2.22. The third kappa shape index (κ3) is 3.07. The van der Waals surface area contributed by atoms with Crippen molar-refractivity contribution in [3.8, 4) is 11.3 Å². The van der Waals surface area contributed by atoms with Gasteiger partial charge in [0.05, 0.1) is 5.69 Å². The summed E-state index contributed by atoms with van der Waals surface area (Å²) in [6.45, 7) is 2.03. The van der Waals surface area contributed by atoms with Gasteiger partial charge < -0.3 is 9.72 Å². The van der Waals surface area contributed by atoms with E-state index in [1.807, 2.05) is 60.1 Å². The van der Waals surface area contributed by atoms with Crippen LogP contribution in [0.5, 0.6) is 0 Å². The second-order valence-corrected chi connectivity index (χ2v) is 6.09. The van der Waals surface area contributed by atoms with E-state index in [-0.39, 0.29) is 11.7 Å². The summed E-state index contributed by atoms with van der Waals surface area (Å²) in [5.74, 6) is -0.644. The number of hydrogen-bond acceptors (Lipinski definition) is 2. The molecule has 4 nitrogen and oxygen atoms in total. The molecule has 0 radical (unpaired) electrons. The number of imidazole rings is 1. The zero-order valence-corrected chi connectivity index (χ0v) is 14.1. The molecule has 0 aliphatic rings. The van der Waals surface area contributed by atoms with E-state index >= 15 is 0 Å². The van der Waals surface area contributed by atoms with Crippen molar-refractivity contribution in [1.29, 1.82) is 0 Å². The summed E-state index contributed by atoms with van der Waals surface area (Å²) in [6, 6.07) is 16.9. The van der Waals surface area contributed by atoms with Crippen molar-refractivity contribution in [1.82, 2.24) is 9.38 Å². The number of carbonyl (C=O) groups is 1. The average molecular weight is 345 g/mol. The summed E-state index contributed by atoms with van der Waals surface area (Å²) in [7, 11) is 0. The Bertz CT molecular complexity index is 1080. The summed E-state index contributed by atoms with van der Waals surface area (Å²) in [5, 5.41) is 2.81. The lowest BCUT2D eigenvalue weighted by atomic mass is 10.1. The molecule has 0 atom stereocenters. The molecule has 26 heavy (non-hydrogen) atoms. The van der Waals surface area contributed by atoms with Gasteiger partial charge in [-0.2, -0.15) is 0 Å². The van der Waals surface area contributed by atoms with Crippen molar-refractivity contribution in [2.24, 2.45) is 0 Å². The molecule has 2 aromatic heterocycles. The van der Waals surface area contributed by atoms with Crippen molar-refractivity contribution < 1.29 is 9.18 Å². The Balaban J connectivity index is 1.55. The molecule has 0 spiro atoms. The van der Waals surface area contributed by atoms with E-state index in [1.165, 1.54) is 24.3 Å². The number of carbonyl (C=O) groups excluding carboxylic acids is 1.